The van der Waals surface area contributed by atoms with Crippen molar-refractivity contribution in [1.82, 2.24) is 9.55 Å². The van der Waals surface area contributed by atoms with Gasteiger partial charge in [-0.05, 0) is 24.8 Å². The number of anilines is 1. The van der Waals surface area contributed by atoms with E-state index in [4.69, 9.17) is 10.5 Å². The Balaban J connectivity index is 2.39. The van der Waals surface area contributed by atoms with Crippen LogP contribution >= 0.6 is 11.8 Å². The van der Waals surface area contributed by atoms with Gasteiger partial charge in [0.15, 0.2) is 0 Å². The van der Waals surface area contributed by atoms with Crippen LogP contribution in [0.1, 0.15) is 13.3 Å². The molecule has 0 aliphatic rings. The number of nitrogens with zero attached hydrogens (tertiary/aromatic N) is 2. The van der Waals surface area contributed by atoms with E-state index in [0.717, 1.165) is 35.5 Å². The molecule has 0 amide bonds. The first kappa shape index (κ1) is 13.1. The standard InChI is InChI=1S/C13H19N3OS/c1-3-8-17-11-6-4-5-10-12(11)15-13(14)16(10)7-9-18-2/h4-6H,3,7-9H2,1-2H3,(H2,14,15). The molecular formula is C13H19N3OS. The molecule has 1 heterocycles. The number of imidazole rings is 1. The van der Waals surface area contributed by atoms with Crippen molar-refractivity contribution in [1.29, 1.82) is 0 Å². The number of rotatable bonds is 6. The maximum atomic E-state index is 5.98. The molecule has 18 heavy (non-hydrogen) atoms. The minimum absolute atomic E-state index is 0.562. The van der Waals surface area contributed by atoms with Crippen LogP contribution in [0.3, 0.4) is 0 Å². The highest BCUT2D eigenvalue weighted by atomic mass is 32.2. The Labute approximate surface area is 112 Å². The monoisotopic (exact) mass is 265 g/mol. The zero-order valence-electron chi connectivity index (χ0n) is 10.8. The van der Waals surface area contributed by atoms with E-state index >= 15 is 0 Å². The SMILES string of the molecule is CCCOc1cccc2c1nc(N)n2CCSC. The van der Waals surface area contributed by atoms with Crippen molar-refractivity contribution >= 4 is 28.7 Å². The van der Waals surface area contributed by atoms with Crippen molar-refractivity contribution in [3.8, 4) is 5.75 Å². The zero-order chi connectivity index (χ0) is 13.0. The third-order valence-corrected chi connectivity index (χ3v) is 3.34. The fourth-order valence-electron chi connectivity index (χ4n) is 1.89. The van der Waals surface area contributed by atoms with E-state index in [1.54, 1.807) is 11.8 Å². The molecule has 0 bridgehead atoms. The smallest absolute Gasteiger partial charge is 0.201 e. The van der Waals surface area contributed by atoms with Gasteiger partial charge in [-0.1, -0.05) is 13.0 Å². The van der Waals surface area contributed by atoms with E-state index in [1.807, 2.05) is 22.8 Å². The Bertz CT molecular complexity index is 524. The number of nitrogens with two attached hydrogens (primary N) is 1. The van der Waals surface area contributed by atoms with Gasteiger partial charge in [-0.25, -0.2) is 4.98 Å². The second-order valence-corrected chi connectivity index (χ2v) is 5.07. The summed E-state index contributed by atoms with van der Waals surface area (Å²) in [6, 6.07) is 5.98. The van der Waals surface area contributed by atoms with Gasteiger partial charge in [-0.15, -0.1) is 0 Å². The maximum Gasteiger partial charge on any atom is 0.201 e. The highest BCUT2D eigenvalue weighted by Gasteiger charge is 2.11. The molecule has 5 heteroatoms. The Hall–Kier alpha value is -1.36. The van der Waals surface area contributed by atoms with Gasteiger partial charge >= 0.3 is 0 Å². The van der Waals surface area contributed by atoms with Crippen LogP contribution in [-0.2, 0) is 6.54 Å². The minimum Gasteiger partial charge on any atom is -0.491 e. The first-order chi connectivity index (χ1) is 8.77. The van der Waals surface area contributed by atoms with Gasteiger partial charge in [0.1, 0.15) is 11.3 Å². The minimum atomic E-state index is 0.562. The second-order valence-electron chi connectivity index (χ2n) is 4.09. The van der Waals surface area contributed by atoms with E-state index in [0.29, 0.717) is 12.6 Å². The molecule has 0 spiro atoms. The molecule has 0 saturated heterocycles. The number of nitrogen functional groups attached to an aromatic ring is 1. The summed E-state index contributed by atoms with van der Waals surface area (Å²) in [7, 11) is 0. The molecule has 98 valence electrons. The predicted octanol–water partition coefficient (Wildman–Crippen LogP) is 2.77. The van der Waals surface area contributed by atoms with Crippen LogP contribution in [-0.4, -0.2) is 28.2 Å². The van der Waals surface area contributed by atoms with Crippen LogP contribution in [0.15, 0.2) is 18.2 Å². The summed E-state index contributed by atoms with van der Waals surface area (Å²) >= 11 is 1.80. The van der Waals surface area contributed by atoms with E-state index < -0.39 is 0 Å². The third kappa shape index (κ3) is 2.56. The molecule has 0 saturated carbocycles. The van der Waals surface area contributed by atoms with Crippen molar-refractivity contribution in [2.45, 2.75) is 19.9 Å². The molecule has 0 fully saturated rings. The Kier molecular flexibility index (Phi) is 4.36. The topological polar surface area (TPSA) is 53.1 Å². The molecule has 1 aromatic heterocycles. The van der Waals surface area contributed by atoms with Crippen molar-refractivity contribution in [3.63, 3.8) is 0 Å². The zero-order valence-corrected chi connectivity index (χ0v) is 11.7. The summed E-state index contributed by atoms with van der Waals surface area (Å²) in [5.74, 6) is 2.41. The highest BCUT2D eigenvalue weighted by molar-refractivity contribution is 7.98. The molecule has 0 aliphatic heterocycles. The maximum absolute atomic E-state index is 5.98. The van der Waals surface area contributed by atoms with Gasteiger partial charge in [0.05, 0.1) is 12.1 Å². The quantitative estimate of drug-likeness (QED) is 0.872. The highest BCUT2D eigenvalue weighted by Crippen LogP contribution is 2.27. The number of para-hydroxylation sites is 1. The van der Waals surface area contributed by atoms with Crippen LogP contribution in [0, 0.1) is 0 Å². The lowest BCUT2D eigenvalue weighted by molar-refractivity contribution is 0.320. The third-order valence-electron chi connectivity index (χ3n) is 2.75. The lowest BCUT2D eigenvalue weighted by Gasteiger charge is -2.06. The van der Waals surface area contributed by atoms with Gasteiger partial charge in [-0.3, -0.25) is 0 Å². The van der Waals surface area contributed by atoms with Gasteiger partial charge in [0, 0.05) is 12.3 Å². The number of fused-ring (bicyclic) bond motifs is 1. The van der Waals surface area contributed by atoms with Crippen molar-refractivity contribution in [2.24, 2.45) is 0 Å². The summed E-state index contributed by atoms with van der Waals surface area (Å²) in [5.41, 5.74) is 7.90. The number of hydrogen-bond acceptors (Lipinski definition) is 4. The molecule has 0 atom stereocenters. The molecular weight excluding hydrogens is 246 g/mol. The Morgan fingerprint density at radius 1 is 1.44 bits per heavy atom. The van der Waals surface area contributed by atoms with Crippen LogP contribution in [0.4, 0.5) is 5.95 Å². The Morgan fingerprint density at radius 3 is 3.00 bits per heavy atom. The summed E-state index contributed by atoms with van der Waals surface area (Å²) in [6.07, 6.45) is 3.07. The van der Waals surface area contributed by atoms with Gasteiger partial charge < -0.3 is 15.0 Å². The van der Waals surface area contributed by atoms with Crippen LogP contribution in [0.2, 0.25) is 0 Å². The van der Waals surface area contributed by atoms with E-state index in [9.17, 15) is 0 Å². The molecule has 0 aliphatic carbocycles. The van der Waals surface area contributed by atoms with Gasteiger partial charge in [-0.2, -0.15) is 11.8 Å². The normalized spacial score (nSPS) is 11.0. The molecule has 4 nitrogen and oxygen atoms in total. The number of thioether (sulfide) groups is 1. The Morgan fingerprint density at radius 2 is 2.28 bits per heavy atom. The molecule has 2 aromatic rings. The number of hydrogen-bond donors (Lipinski definition) is 1. The predicted molar refractivity (Wildman–Crippen MR) is 78.3 cm³/mol. The van der Waals surface area contributed by atoms with Crippen molar-refractivity contribution in [2.75, 3.05) is 24.3 Å². The fourth-order valence-corrected chi connectivity index (χ4v) is 2.25. The van der Waals surface area contributed by atoms with Crippen LogP contribution < -0.4 is 10.5 Å². The van der Waals surface area contributed by atoms with Gasteiger partial charge in [0.2, 0.25) is 5.95 Å². The van der Waals surface area contributed by atoms with Crippen molar-refractivity contribution < 1.29 is 4.74 Å². The first-order valence-electron chi connectivity index (χ1n) is 6.14. The molecule has 1 aromatic carbocycles. The summed E-state index contributed by atoms with van der Waals surface area (Å²) in [5, 5.41) is 0. The molecule has 0 radical (unpaired) electrons. The van der Waals surface area contributed by atoms with Crippen LogP contribution in [0.5, 0.6) is 5.75 Å². The molecule has 0 unspecified atom stereocenters. The largest absolute Gasteiger partial charge is 0.491 e. The summed E-state index contributed by atoms with van der Waals surface area (Å²) < 4.78 is 7.75. The van der Waals surface area contributed by atoms with E-state index in [2.05, 4.69) is 18.2 Å². The van der Waals surface area contributed by atoms with Crippen LogP contribution in [0.25, 0.3) is 11.0 Å². The molecule has 2 rings (SSSR count). The summed E-state index contributed by atoms with van der Waals surface area (Å²) in [4.78, 5) is 4.43. The fraction of sp³-hybridized carbons (Fsp3) is 0.462. The summed E-state index contributed by atoms with van der Waals surface area (Å²) in [6.45, 7) is 3.67. The average Bonchev–Trinajstić information content (AvgIpc) is 2.70. The average molecular weight is 265 g/mol. The number of aryl methyl sites for hydroxylation is 1. The first-order valence-corrected chi connectivity index (χ1v) is 7.53. The number of ether oxygens (including phenoxy) is 1. The molecule has 2 N–H and O–H groups in total. The van der Waals surface area contributed by atoms with Gasteiger partial charge in [0.25, 0.3) is 0 Å². The van der Waals surface area contributed by atoms with E-state index in [1.165, 1.54) is 0 Å². The van der Waals surface area contributed by atoms with E-state index in [-0.39, 0.29) is 0 Å². The number of aromatic nitrogens is 2. The number of benzene rings is 1. The lowest BCUT2D eigenvalue weighted by atomic mass is 10.3. The second kappa shape index (κ2) is 6.00. The van der Waals surface area contributed by atoms with Crippen molar-refractivity contribution in [3.05, 3.63) is 18.2 Å². The lowest BCUT2D eigenvalue weighted by Crippen LogP contribution is -2.04.